The topological polar surface area (TPSA) is 77.9 Å². The average molecular weight is 259 g/mol. The van der Waals surface area contributed by atoms with Gasteiger partial charge in [-0.2, -0.15) is 5.10 Å². The number of aromatic amines is 1. The van der Waals surface area contributed by atoms with Crippen LogP contribution in [0, 0.1) is 0 Å². The molecule has 0 saturated carbocycles. The summed E-state index contributed by atoms with van der Waals surface area (Å²) in [7, 11) is 0. The van der Waals surface area contributed by atoms with Crippen LogP contribution in [0.15, 0.2) is 24.5 Å². The molecule has 6 heteroatoms. The lowest BCUT2D eigenvalue weighted by Crippen LogP contribution is -2.21. The maximum atomic E-state index is 8.91. The predicted octanol–water partition coefficient (Wildman–Crippen LogP) is 0.728. The van der Waals surface area contributed by atoms with E-state index in [-0.39, 0.29) is 6.61 Å². The molecule has 2 N–H and O–H groups in total. The van der Waals surface area contributed by atoms with Gasteiger partial charge in [0.2, 0.25) is 5.95 Å². The van der Waals surface area contributed by atoms with E-state index < -0.39 is 0 Å². The number of hydrogen-bond acceptors (Lipinski definition) is 5. The smallest absolute Gasteiger partial charge is 0.225 e. The first-order valence-electron chi connectivity index (χ1n) is 6.54. The van der Waals surface area contributed by atoms with Crippen LogP contribution in [0.1, 0.15) is 23.7 Å². The molecule has 2 aromatic rings. The van der Waals surface area contributed by atoms with Crippen LogP contribution in [0.5, 0.6) is 0 Å². The van der Waals surface area contributed by atoms with E-state index in [0.29, 0.717) is 12.3 Å². The summed E-state index contributed by atoms with van der Waals surface area (Å²) in [5, 5.41) is 16.2. The van der Waals surface area contributed by atoms with Crippen molar-refractivity contribution in [3.05, 3.63) is 35.9 Å². The molecule has 1 aliphatic heterocycles. The standard InChI is InChI=1S/C13H17N5O/c19-7-3-11-8-12(17-16-11)10-2-6-18(9-10)13-14-4-1-5-15-13/h1,4-5,8,10,19H,2-3,6-7,9H2,(H,16,17)/t10-/m0/s1. The summed E-state index contributed by atoms with van der Waals surface area (Å²) < 4.78 is 0. The van der Waals surface area contributed by atoms with E-state index in [1.54, 1.807) is 12.4 Å². The van der Waals surface area contributed by atoms with Gasteiger partial charge in [0.1, 0.15) is 0 Å². The second kappa shape index (κ2) is 5.36. The molecule has 3 rings (SSSR count). The molecule has 1 fully saturated rings. The predicted molar refractivity (Wildman–Crippen MR) is 71.0 cm³/mol. The van der Waals surface area contributed by atoms with Gasteiger partial charge in [-0.3, -0.25) is 5.10 Å². The number of aromatic nitrogens is 4. The highest BCUT2D eigenvalue weighted by Gasteiger charge is 2.27. The van der Waals surface area contributed by atoms with Gasteiger partial charge < -0.3 is 10.0 Å². The van der Waals surface area contributed by atoms with Crippen molar-refractivity contribution < 1.29 is 5.11 Å². The highest BCUT2D eigenvalue weighted by atomic mass is 16.3. The minimum atomic E-state index is 0.149. The van der Waals surface area contributed by atoms with Crippen molar-refractivity contribution >= 4 is 5.95 Å². The van der Waals surface area contributed by atoms with Gasteiger partial charge in [0, 0.05) is 50.1 Å². The Hall–Kier alpha value is -1.95. The lowest BCUT2D eigenvalue weighted by atomic mass is 10.0. The molecule has 2 aromatic heterocycles. The van der Waals surface area contributed by atoms with Crippen LogP contribution in [0.2, 0.25) is 0 Å². The van der Waals surface area contributed by atoms with Crippen LogP contribution in [0.3, 0.4) is 0 Å². The summed E-state index contributed by atoms with van der Waals surface area (Å²) in [5.41, 5.74) is 2.06. The Kier molecular flexibility index (Phi) is 3.41. The first kappa shape index (κ1) is 12.1. The van der Waals surface area contributed by atoms with Crippen molar-refractivity contribution in [3.63, 3.8) is 0 Å². The van der Waals surface area contributed by atoms with E-state index in [0.717, 1.165) is 36.8 Å². The molecule has 100 valence electrons. The molecule has 0 spiro atoms. The molecule has 0 amide bonds. The van der Waals surface area contributed by atoms with Crippen molar-refractivity contribution in [1.82, 2.24) is 20.2 Å². The van der Waals surface area contributed by atoms with Crippen molar-refractivity contribution in [2.24, 2.45) is 0 Å². The molecule has 0 unspecified atom stereocenters. The Balaban J connectivity index is 1.68. The van der Waals surface area contributed by atoms with Crippen LogP contribution >= 0.6 is 0 Å². The van der Waals surface area contributed by atoms with Crippen molar-refractivity contribution in [2.45, 2.75) is 18.8 Å². The molecule has 0 aromatic carbocycles. The maximum Gasteiger partial charge on any atom is 0.225 e. The fraction of sp³-hybridized carbons (Fsp3) is 0.462. The first-order valence-corrected chi connectivity index (χ1v) is 6.54. The third kappa shape index (κ3) is 2.58. The van der Waals surface area contributed by atoms with Gasteiger partial charge >= 0.3 is 0 Å². The maximum absolute atomic E-state index is 8.91. The average Bonchev–Trinajstić information content (AvgIpc) is 3.08. The van der Waals surface area contributed by atoms with Crippen molar-refractivity contribution in [3.8, 4) is 0 Å². The van der Waals surface area contributed by atoms with Crippen LogP contribution < -0.4 is 4.90 Å². The Labute approximate surface area is 111 Å². The normalized spacial score (nSPS) is 19.0. The number of anilines is 1. The number of hydrogen-bond donors (Lipinski definition) is 2. The largest absolute Gasteiger partial charge is 0.396 e. The minimum absolute atomic E-state index is 0.149. The van der Waals surface area contributed by atoms with Gasteiger partial charge in [-0.25, -0.2) is 9.97 Å². The Morgan fingerprint density at radius 3 is 3.00 bits per heavy atom. The fourth-order valence-corrected chi connectivity index (χ4v) is 2.47. The third-order valence-corrected chi connectivity index (χ3v) is 3.47. The molecule has 3 heterocycles. The zero-order chi connectivity index (χ0) is 13.1. The highest BCUT2D eigenvalue weighted by Crippen LogP contribution is 2.28. The van der Waals surface area contributed by atoms with E-state index in [1.165, 1.54) is 0 Å². The zero-order valence-electron chi connectivity index (χ0n) is 10.7. The molecule has 1 aliphatic rings. The molecular weight excluding hydrogens is 242 g/mol. The monoisotopic (exact) mass is 259 g/mol. The molecular formula is C13H17N5O. The zero-order valence-corrected chi connectivity index (χ0v) is 10.7. The molecule has 0 aliphatic carbocycles. The van der Waals surface area contributed by atoms with E-state index in [4.69, 9.17) is 5.11 Å². The van der Waals surface area contributed by atoms with Gasteiger partial charge in [-0.15, -0.1) is 0 Å². The molecule has 1 atom stereocenters. The Morgan fingerprint density at radius 1 is 1.37 bits per heavy atom. The summed E-state index contributed by atoms with van der Waals surface area (Å²) in [6.07, 6.45) is 5.22. The first-order chi connectivity index (χ1) is 9.36. The minimum Gasteiger partial charge on any atom is -0.396 e. The van der Waals surface area contributed by atoms with Crippen LogP contribution in [0.25, 0.3) is 0 Å². The van der Waals surface area contributed by atoms with Gasteiger partial charge in [-0.1, -0.05) is 0 Å². The molecule has 6 nitrogen and oxygen atoms in total. The third-order valence-electron chi connectivity index (χ3n) is 3.47. The van der Waals surface area contributed by atoms with Gasteiger partial charge in [0.05, 0.1) is 5.69 Å². The van der Waals surface area contributed by atoms with E-state index in [2.05, 4.69) is 31.1 Å². The molecule has 0 radical (unpaired) electrons. The van der Waals surface area contributed by atoms with Gasteiger partial charge in [0.25, 0.3) is 0 Å². The molecule has 0 bridgehead atoms. The summed E-state index contributed by atoms with van der Waals surface area (Å²) in [4.78, 5) is 10.7. The summed E-state index contributed by atoms with van der Waals surface area (Å²) in [6, 6.07) is 3.88. The second-order valence-corrected chi connectivity index (χ2v) is 4.77. The lowest BCUT2D eigenvalue weighted by molar-refractivity contribution is 0.298. The number of rotatable bonds is 4. The number of aliphatic hydroxyl groups is 1. The molecule has 19 heavy (non-hydrogen) atoms. The van der Waals surface area contributed by atoms with Crippen LogP contribution in [-0.4, -0.2) is 45.0 Å². The SMILES string of the molecule is OCCc1cc([C@H]2CCN(c3ncccn3)C2)n[nH]1. The van der Waals surface area contributed by atoms with Crippen LogP contribution in [0.4, 0.5) is 5.95 Å². The summed E-state index contributed by atoms with van der Waals surface area (Å²) >= 11 is 0. The van der Waals surface area contributed by atoms with Gasteiger partial charge in [-0.05, 0) is 18.6 Å². The second-order valence-electron chi connectivity index (χ2n) is 4.77. The van der Waals surface area contributed by atoms with E-state index in [1.807, 2.05) is 6.07 Å². The highest BCUT2D eigenvalue weighted by molar-refractivity contribution is 5.33. The summed E-state index contributed by atoms with van der Waals surface area (Å²) in [5.74, 6) is 1.20. The Morgan fingerprint density at radius 2 is 2.21 bits per heavy atom. The number of aliphatic hydroxyl groups excluding tert-OH is 1. The van der Waals surface area contributed by atoms with Crippen LogP contribution in [-0.2, 0) is 6.42 Å². The fourth-order valence-electron chi connectivity index (χ4n) is 2.47. The number of H-pyrrole nitrogens is 1. The van der Waals surface area contributed by atoms with Crippen molar-refractivity contribution in [2.75, 3.05) is 24.6 Å². The van der Waals surface area contributed by atoms with E-state index >= 15 is 0 Å². The quantitative estimate of drug-likeness (QED) is 0.846. The molecule has 1 saturated heterocycles. The number of nitrogens with zero attached hydrogens (tertiary/aromatic N) is 4. The lowest BCUT2D eigenvalue weighted by Gasteiger charge is -2.14. The van der Waals surface area contributed by atoms with Gasteiger partial charge in [0.15, 0.2) is 0 Å². The summed E-state index contributed by atoms with van der Waals surface area (Å²) in [6.45, 7) is 2.00. The number of nitrogens with one attached hydrogen (secondary N) is 1. The Bertz CT molecular complexity index is 527. The van der Waals surface area contributed by atoms with Crippen molar-refractivity contribution in [1.29, 1.82) is 0 Å². The van der Waals surface area contributed by atoms with E-state index in [9.17, 15) is 0 Å².